The maximum atomic E-state index is 13.8. The van der Waals surface area contributed by atoms with Crippen molar-refractivity contribution in [3.8, 4) is 16.9 Å². The number of hydrogen-bond donors (Lipinski definition) is 1. The van der Waals surface area contributed by atoms with Gasteiger partial charge in [0.15, 0.2) is 5.65 Å². The SMILES string of the molecule is CC(C)(C)OC(=O)C(Cc1ccc(OC(C)(C)C)cc1)NC(=O)c1cnn2c(C3CCCCC3)c(-c3ccc(F)cc3)cnc12. The minimum Gasteiger partial charge on any atom is -0.488 e. The van der Waals surface area contributed by atoms with E-state index in [-0.39, 0.29) is 29.3 Å². The van der Waals surface area contributed by atoms with Crippen LogP contribution in [-0.4, -0.2) is 43.7 Å². The Kier molecular flexibility index (Phi) is 9.28. The molecular weight excluding hydrogens is 571 g/mol. The van der Waals surface area contributed by atoms with Crippen LogP contribution in [0.1, 0.15) is 101 Å². The average Bonchev–Trinajstić information content (AvgIpc) is 3.41. The van der Waals surface area contributed by atoms with Crippen LogP contribution in [0.25, 0.3) is 16.8 Å². The molecule has 1 unspecified atom stereocenters. The summed E-state index contributed by atoms with van der Waals surface area (Å²) in [4.78, 5) is 31.8. The number of fused-ring (bicyclic) bond motifs is 1. The van der Waals surface area contributed by atoms with Gasteiger partial charge in [-0.15, -0.1) is 0 Å². The van der Waals surface area contributed by atoms with Gasteiger partial charge in [-0.1, -0.05) is 43.5 Å². The number of nitrogens with one attached hydrogen (secondary N) is 1. The summed E-state index contributed by atoms with van der Waals surface area (Å²) in [5, 5.41) is 7.55. The molecule has 0 saturated heterocycles. The van der Waals surface area contributed by atoms with Crippen LogP contribution >= 0.6 is 0 Å². The Morgan fingerprint density at radius 2 is 1.60 bits per heavy atom. The first-order valence-electron chi connectivity index (χ1n) is 15.7. The summed E-state index contributed by atoms with van der Waals surface area (Å²) in [5.41, 5.74) is 3.12. The van der Waals surface area contributed by atoms with Crippen molar-refractivity contribution < 1.29 is 23.5 Å². The summed E-state index contributed by atoms with van der Waals surface area (Å²) in [6, 6.07) is 12.9. The van der Waals surface area contributed by atoms with Gasteiger partial charge in [-0.2, -0.15) is 5.10 Å². The number of carbonyl (C=O) groups is 2. The molecule has 0 spiro atoms. The lowest BCUT2D eigenvalue weighted by Gasteiger charge is -2.25. The Morgan fingerprint density at radius 3 is 2.22 bits per heavy atom. The summed E-state index contributed by atoms with van der Waals surface area (Å²) in [7, 11) is 0. The average molecular weight is 615 g/mol. The molecule has 1 atom stereocenters. The highest BCUT2D eigenvalue weighted by atomic mass is 19.1. The van der Waals surface area contributed by atoms with Crippen LogP contribution in [0, 0.1) is 5.82 Å². The van der Waals surface area contributed by atoms with E-state index in [0.717, 1.165) is 53.8 Å². The largest absolute Gasteiger partial charge is 0.488 e. The smallest absolute Gasteiger partial charge is 0.329 e. The Hall–Kier alpha value is -4.27. The maximum absolute atomic E-state index is 13.8. The zero-order valence-corrected chi connectivity index (χ0v) is 27.0. The van der Waals surface area contributed by atoms with Crippen molar-refractivity contribution in [1.29, 1.82) is 0 Å². The van der Waals surface area contributed by atoms with E-state index >= 15 is 0 Å². The molecule has 9 heteroatoms. The van der Waals surface area contributed by atoms with Gasteiger partial charge < -0.3 is 14.8 Å². The van der Waals surface area contributed by atoms with E-state index in [4.69, 9.17) is 9.47 Å². The van der Waals surface area contributed by atoms with Crippen molar-refractivity contribution in [1.82, 2.24) is 19.9 Å². The molecular formula is C36H43FN4O4. The number of halogens is 1. The second-order valence-corrected chi connectivity index (χ2v) is 13.8. The molecule has 2 heterocycles. The van der Waals surface area contributed by atoms with E-state index in [0.29, 0.717) is 5.65 Å². The zero-order chi connectivity index (χ0) is 32.4. The predicted octanol–water partition coefficient (Wildman–Crippen LogP) is 7.44. The highest BCUT2D eigenvalue weighted by Gasteiger charge is 2.30. The molecule has 1 amide bonds. The van der Waals surface area contributed by atoms with Gasteiger partial charge in [-0.3, -0.25) is 4.79 Å². The number of ether oxygens (including phenoxy) is 2. The summed E-state index contributed by atoms with van der Waals surface area (Å²) in [6.45, 7) is 11.3. The fourth-order valence-electron chi connectivity index (χ4n) is 5.81. The lowest BCUT2D eigenvalue weighted by molar-refractivity contribution is -0.157. The predicted molar refractivity (Wildman–Crippen MR) is 172 cm³/mol. The van der Waals surface area contributed by atoms with E-state index in [1.54, 1.807) is 43.6 Å². The van der Waals surface area contributed by atoms with Gasteiger partial charge in [0, 0.05) is 24.1 Å². The number of rotatable bonds is 8. The molecule has 5 rings (SSSR count). The quantitative estimate of drug-likeness (QED) is 0.207. The molecule has 0 radical (unpaired) electrons. The van der Waals surface area contributed by atoms with Gasteiger partial charge in [0.2, 0.25) is 0 Å². The molecule has 0 bridgehead atoms. The van der Waals surface area contributed by atoms with Gasteiger partial charge in [-0.05, 0) is 89.8 Å². The van der Waals surface area contributed by atoms with E-state index in [2.05, 4.69) is 15.4 Å². The normalized spacial score (nSPS) is 15.1. The van der Waals surface area contributed by atoms with E-state index in [1.165, 1.54) is 24.8 Å². The van der Waals surface area contributed by atoms with E-state index < -0.39 is 23.5 Å². The van der Waals surface area contributed by atoms with Gasteiger partial charge in [-0.25, -0.2) is 18.7 Å². The highest BCUT2D eigenvalue weighted by Crippen LogP contribution is 2.38. The first-order chi connectivity index (χ1) is 21.3. The molecule has 45 heavy (non-hydrogen) atoms. The van der Waals surface area contributed by atoms with Crippen molar-refractivity contribution in [3.05, 3.63) is 83.6 Å². The van der Waals surface area contributed by atoms with Crippen LogP contribution < -0.4 is 10.1 Å². The molecule has 8 nitrogen and oxygen atoms in total. The third-order valence-corrected chi connectivity index (χ3v) is 7.74. The third-order valence-electron chi connectivity index (χ3n) is 7.74. The monoisotopic (exact) mass is 614 g/mol. The fourth-order valence-corrected chi connectivity index (χ4v) is 5.81. The number of nitrogens with zero attached hydrogens (tertiary/aromatic N) is 3. The van der Waals surface area contributed by atoms with Crippen molar-refractivity contribution in [2.24, 2.45) is 0 Å². The third kappa shape index (κ3) is 8.07. The van der Waals surface area contributed by atoms with Crippen LogP contribution in [0.5, 0.6) is 5.75 Å². The molecule has 4 aromatic rings. The molecule has 1 saturated carbocycles. The Morgan fingerprint density at radius 1 is 0.933 bits per heavy atom. The van der Waals surface area contributed by atoms with Gasteiger partial charge >= 0.3 is 5.97 Å². The van der Waals surface area contributed by atoms with Crippen LogP contribution in [0.15, 0.2) is 60.9 Å². The second kappa shape index (κ2) is 13.0. The molecule has 2 aromatic carbocycles. The molecule has 238 valence electrons. The minimum absolute atomic E-state index is 0.222. The summed E-state index contributed by atoms with van der Waals surface area (Å²) < 4.78 is 27.1. The van der Waals surface area contributed by atoms with Crippen molar-refractivity contribution in [2.45, 2.75) is 103 Å². The number of carbonyl (C=O) groups excluding carboxylic acids is 2. The molecule has 0 aliphatic heterocycles. The molecule has 1 N–H and O–H groups in total. The second-order valence-electron chi connectivity index (χ2n) is 13.8. The topological polar surface area (TPSA) is 94.8 Å². The minimum atomic E-state index is -0.947. The Bertz CT molecular complexity index is 1640. The molecule has 1 aliphatic rings. The van der Waals surface area contributed by atoms with E-state index in [1.807, 2.05) is 45.0 Å². The van der Waals surface area contributed by atoms with Crippen LogP contribution in [0.3, 0.4) is 0 Å². The summed E-state index contributed by atoms with van der Waals surface area (Å²) in [5.74, 6) is -0.365. The summed E-state index contributed by atoms with van der Waals surface area (Å²) in [6.07, 6.45) is 8.86. The number of esters is 1. The lowest BCUT2D eigenvalue weighted by atomic mass is 9.84. The fraction of sp³-hybridized carbons (Fsp3) is 0.444. The summed E-state index contributed by atoms with van der Waals surface area (Å²) >= 11 is 0. The van der Waals surface area contributed by atoms with Gasteiger partial charge in [0.05, 0.1) is 11.9 Å². The molecule has 1 aliphatic carbocycles. The van der Waals surface area contributed by atoms with Crippen LogP contribution in [0.4, 0.5) is 4.39 Å². The van der Waals surface area contributed by atoms with Crippen molar-refractivity contribution >= 4 is 17.5 Å². The van der Waals surface area contributed by atoms with E-state index in [9.17, 15) is 14.0 Å². The number of amides is 1. The number of benzene rings is 2. The molecule has 1 fully saturated rings. The van der Waals surface area contributed by atoms with Gasteiger partial charge in [0.25, 0.3) is 5.91 Å². The van der Waals surface area contributed by atoms with Crippen molar-refractivity contribution in [3.63, 3.8) is 0 Å². The first-order valence-corrected chi connectivity index (χ1v) is 15.7. The Balaban J connectivity index is 1.46. The maximum Gasteiger partial charge on any atom is 0.329 e. The highest BCUT2D eigenvalue weighted by molar-refractivity contribution is 6.01. The van der Waals surface area contributed by atoms with Crippen LogP contribution in [-0.2, 0) is 16.0 Å². The molecule has 2 aromatic heterocycles. The zero-order valence-electron chi connectivity index (χ0n) is 27.0. The lowest BCUT2D eigenvalue weighted by Crippen LogP contribution is -2.45. The number of hydrogen-bond acceptors (Lipinski definition) is 6. The number of aromatic nitrogens is 3. The van der Waals surface area contributed by atoms with Gasteiger partial charge in [0.1, 0.15) is 34.4 Å². The Labute approximate surface area is 264 Å². The van der Waals surface area contributed by atoms with Crippen molar-refractivity contribution in [2.75, 3.05) is 0 Å². The van der Waals surface area contributed by atoms with Crippen LogP contribution in [0.2, 0.25) is 0 Å². The standard InChI is InChI=1S/C36H43FN4O4/c1-35(2,3)44-27-18-12-23(13-19-27)20-30(34(43)45-36(4,5)6)40-33(42)29-22-39-41-31(25-10-8-7-9-11-25)28(21-38-32(29)41)24-14-16-26(37)17-15-24/h12-19,21-22,25,30H,7-11,20H2,1-6H3,(H,40,42). The first kappa shape index (κ1) is 32.1.